The van der Waals surface area contributed by atoms with Gasteiger partial charge in [-0.25, -0.2) is 4.98 Å². The molecule has 8 heteroatoms. The third-order valence-corrected chi connectivity index (χ3v) is 5.05. The van der Waals surface area contributed by atoms with Gasteiger partial charge in [0.15, 0.2) is 0 Å². The highest BCUT2D eigenvalue weighted by Crippen LogP contribution is 2.22. The third-order valence-electron chi connectivity index (χ3n) is 5.05. The smallest absolute Gasteiger partial charge is 0.240 e. The van der Waals surface area contributed by atoms with Gasteiger partial charge in [-0.05, 0) is 42.3 Å². The second-order valence-corrected chi connectivity index (χ2v) is 7.71. The number of benzene rings is 2. The molecule has 2 N–H and O–H groups in total. The number of aromatic nitrogens is 1. The molecule has 0 saturated carbocycles. The summed E-state index contributed by atoms with van der Waals surface area (Å²) in [6.07, 6.45) is 1.50. The topological polar surface area (TPSA) is 101 Å². The zero-order chi connectivity index (χ0) is 24.3. The molecule has 0 aliphatic rings. The second kappa shape index (κ2) is 12.2. The Hall–Kier alpha value is -4.20. The molecule has 0 fully saturated rings. The first-order valence-electron chi connectivity index (χ1n) is 10.9. The summed E-state index contributed by atoms with van der Waals surface area (Å²) in [5.41, 5.74) is 2.43. The van der Waals surface area contributed by atoms with Crippen molar-refractivity contribution in [2.45, 2.75) is 26.3 Å². The fourth-order valence-electron chi connectivity index (χ4n) is 3.26. The largest absolute Gasteiger partial charge is 0.497 e. The maximum Gasteiger partial charge on any atom is 0.240 e. The van der Waals surface area contributed by atoms with Gasteiger partial charge in [0, 0.05) is 37.3 Å². The van der Waals surface area contributed by atoms with Crippen LogP contribution in [0.15, 0.2) is 72.9 Å². The Morgan fingerprint density at radius 2 is 1.74 bits per heavy atom. The maximum absolute atomic E-state index is 13.1. The van der Waals surface area contributed by atoms with Crippen LogP contribution in [0, 0.1) is 6.92 Å². The van der Waals surface area contributed by atoms with Crippen molar-refractivity contribution >= 4 is 29.2 Å². The van der Waals surface area contributed by atoms with Gasteiger partial charge in [0.05, 0.1) is 7.11 Å². The molecule has 34 heavy (non-hydrogen) atoms. The van der Waals surface area contributed by atoms with Crippen LogP contribution in [0.4, 0.5) is 11.5 Å². The molecule has 3 rings (SSSR count). The van der Waals surface area contributed by atoms with E-state index in [9.17, 15) is 14.4 Å². The molecule has 2 aromatic carbocycles. The van der Waals surface area contributed by atoms with Crippen LogP contribution in [0.2, 0.25) is 0 Å². The van der Waals surface area contributed by atoms with Gasteiger partial charge >= 0.3 is 0 Å². The number of nitrogens with one attached hydrogen (secondary N) is 2. The van der Waals surface area contributed by atoms with E-state index in [2.05, 4.69) is 15.6 Å². The number of aryl methyl sites for hydroxylation is 1. The predicted molar refractivity (Wildman–Crippen MR) is 130 cm³/mol. The Kier molecular flexibility index (Phi) is 8.73. The zero-order valence-corrected chi connectivity index (χ0v) is 19.3. The first-order valence-corrected chi connectivity index (χ1v) is 10.9. The summed E-state index contributed by atoms with van der Waals surface area (Å²) in [7, 11) is 1.53. The minimum Gasteiger partial charge on any atom is -0.497 e. The van der Waals surface area contributed by atoms with Gasteiger partial charge in [0.2, 0.25) is 17.7 Å². The number of nitrogens with zero attached hydrogens (tertiary/aromatic N) is 2. The van der Waals surface area contributed by atoms with Crippen molar-refractivity contribution in [2.75, 3.05) is 23.9 Å². The highest BCUT2D eigenvalue weighted by Gasteiger charge is 2.21. The van der Waals surface area contributed by atoms with E-state index in [1.54, 1.807) is 36.5 Å². The maximum atomic E-state index is 13.1. The standard InChI is InChI=1S/C26H28N4O4/c1-19-13-14-27-23(15-19)29-24(31)11-12-26(33)30(21-9-6-10-22(16-21)34-2)18-25(32)28-17-20-7-4-3-5-8-20/h3-10,13-16H,11-12,17-18H2,1-2H3,(H,28,32)(H,27,29,31). The van der Waals surface area contributed by atoms with Crippen molar-refractivity contribution in [3.8, 4) is 5.75 Å². The van der Waals surface area contributed by atoms with Gasteiger partial charge in [-0.15, -0.1) is 0 Å². The minimum absolute atomic E-state index is 0.0411. The number of ether oxygens (including phenoxy) is 1. The molecule has 176 valence electrons. The van der Waals surface area contributed by atoms with E-state index in [1.165, 1.54) is 12.0 Å². The van der Waals surface area contributed by atoms with Gasteiger partial charge in [-0.2, -0.15) is 0 Å². The molecule has 0 aliphatic heterocycles. The zero-order valence-electron chi connectivity index (χ0n) is 19.3. The van der Waals surface area contributed by atoms with Crippen LogP contribution >= 0.6 is 0 Å². The van der Waals surface area contributed by atoms with Crippen molar-refractivity contribution in [3.05, 3.63) is 84.1 Å². The number of pyridine rings is 1. The molecule has 0 radical (unpaired) electrons. The lowest BCUT2D eigenvalue weighted by atomic mass is 10.2. The quantitative estimate of drug-likeness (QED) is 0.483. The second-order valence-electron chi connectivity index (χ2n) is 7.71. The normalized spacial score (nSPS) is 10.3. The van der Waals surface area contributed by atoms with Crippen LogP contribution in [-0.4, -0.2) is 36.4 Å². The number of carbonyl (C=O) groups is 3. The number of hydrogen-bond donors (Lipinski definition) is 2. The summed E-state index contributed by atoms with van der Waals surface area (Å²) in [6.45, 7) is 2.07. The first kappa shape index (κ1) is 24.4. The van der Waals surface area contributed by atoms with E-state index in [-0.39, 0.29) is 37.1 Å². The molecule has 0 unspecified atom stereocenters. The SMILES string of the molecule is COc1cccc(N(CC(=O)NCc2ccccc2)C(=O)CCC(=O)Nc2cc(C)ccn2)c1. The molecule has 0 bridgehead atoms. The third kappa shape index (κ3) is 7.44. The fourth-order valence-corrected chi connectivity index (χ4v) is 3.26. The van der Waals surface area contributed by atoms with E-state index >= 15 is 0 Å². The van der Waals surface area contributed by atoms with Crippen LogP contribution in [0.5, 0.6) is 5.75 Å². The van der Waals surface area contributed by atoms with E-state index in [0.717, 1.165) is 11.1 Å². The first-order chi connectivity index (χ1) is 16.4. The van der Waals surface area contributed by atoms with Crippen molar-refractivity contribution in [1.29, 1.82) is 0 Å². The molecular formula is C26H28N4O4. The average molecular weight is 461 g/mol. The van der Waals surface area contributed by atoms with Gasteiger partial charge in [0.25, 0.3) is 0 Å². The van der Waals surface area contributed by atoms with Crippen LogP contribution in [0.1, 0.15) is 24.0 Å². The lowest BCUT2D eigenvalue weighted by Crippen LogP contribution is -2.41. The molecule has 0 aliphatic carbocycles. The fraction of sp³-hybridized carbons (Fsp3) is 0.231. The predicted octanol–water partition coefficient (Wildman–Crippen LogP) is 3.47. The van der Waals surface area contributed by atoms with E-state index in [4.69, 9.17) is 4.74 Å². The Balaban J connectivity index is 1.65. The van der Waals surface area contributed by atoms with Gasteiger partial charge in [0.1, 0.15) is 18.1 Å². The Morgan fingerprint density at radius 3 is 2.47 bits per heavy atom. The highest BCUT2D eigenvalue weighted by molar-refractivity contribution is 6.01. The molecule has 8 nitrogen and oxygen atoms in total. The lowest BCUT2D eigenvalue weighted by molar-refractivity contribution is -0.125. The number of hydrogen-bond acceptors (Lipinski definition) is 5. The van der Waals surface area contributed by atoms with Gasteiger partial charge in [-0.3, -0.25) is 14.4 Å². The van der Waals surface area contributed by atoms with Crippen molar-refractivity contribution < 1.29 is 19.1 Å². The summed E-state index contributed by atoms with van der Waals surface area (Å²) >= 11 is 0. The average Bonchev–Trinajstić information content (AvgIpc) is 2.85. The molecular weight excluding hydrogens is 432 g/mol. The molecule has 3 aromatic rings. The molecule has 0 atom stereocenters. The number of methoxy groups -OCH3 is 1. The van der Waals surface area contributed by atoms with Crippen molar-refractivity contribution in [3.63, 3.8) is 0 Å². The summed E-state index contributed by atoms with van der Waals surface area (Å²) < 4.78 is 5.26. The van der Waals surface area contributed by atoms with Gasteiger partial charge < -0.3 is 20.3 Å². The van der Waals surface area contributed by atoms with E-state index < -0.39 is 0 Å². The Bertz CT molecular complexity index is 1130. The van der Waals surface area contributed by atoms with Crippen LogP contribution in [-0.2, 0) is 20.9 Å². The summed E-state index contributed by atoms with van der Waals surface area (Å²) in [5.74, 6) is 0.000112. The summed E-state index contributed by atoms with van der Waals surface area (Å²) in [5, 5.41) is 5.53. The number of rotatable bonds is 10. The Labute approximate surface area is 199 Å². The van der Waals surface area contributed by atoms with Crippen LogP contribution in [0.25, 0.3) is 0 Å². The lowest BCUT2D eigenvalue weighted by Gasteiger charge is -2.23. The van der Waals surface area contributed by atoms with Gasteiger partial charge in [-0.1, -0.05) is 36.4 Å². The number of anilines is 2. The van der Waals surface area contributed by atoms with Crippen molar-refractivity contribution in [1.82, 2.24) is 10.3 Å². The molecule has 0 saturated heterocycles. The van der Waals surface area contributed by atoms with Crippen LogP contribution < -0.4 is 20.3 Å². The molecule has 1 aromatic heterocycles. The molecule has 0 spiro atoms. The summed E-state index contributed by atoms with van der Waals surface area (Å²) in [4.78, 5) is 43.5. The van der Waals surface area contributed by atoms with E-state index in [0.29, 0.717) is 23.8 Å². The minimum atomic E-state index is -0.351. The molecule has 1 heterocycles. The number of amides is 3. The monoisotopic (exact) mass is 460 g/mol. The Morgan fingerprint density at radius 1 is 0.941 bits per heavy atom. The van der Waals surface area contributed by atoms with Crippen LogP contribution in [0.3, 0.4) is 0 Å². The summed E-state index contributed by atoms with van der Waals surface area (Å²) in [6, 6.07) is 20.0. The number of carbonyl (C=O) groups excluding carboxylic acids is 3. The van der Waals surface area contributed by atoms with E-state index in [1.807, 2.05) is 43.3 Å². The highest BCUT2D eigenvalue weighted by atomic mass is 16.5. The molecule has 3 amide bonds. The van der Waals surface area contributed by atoms with Crippen molar-refractivity contribution in [2.24, 2.45) is 0 Å².